The molecule has 30 heavy (non-hydrogen) atoms. The fourth-order valence-corrected chi connectivity index (χ4v) is 6.49. The summed E-state index contributed by atoms with van der Waals surface area (Å²) in [5.41, 5.74) is 3.88. The van der Waals surface area contributed by atoms with E-state index in [1.807, 2.05) is 13.8 Å². The summed E-state index contributed by atoms with van der Waals surface area (Å²) < 4.78 is 0. The van der Waals surface area contributed by atoms with Crippen molar-refractivity contribution in [2.75, 3.05) is 0 Å². The normalized spacial score (nSPS) is 35.1. The molecule has 0 aromatic carbocycles. The predicted octanol–water partition coefficient (Wildman–Crippen LogP) is 6.12. The summed E-state index contributed by atoms with van der Waals surface area (Å²) in [5, 5.41) is 20.1. The zero-order valence-electron chi connectivity index (χ0n) is 19.5. The molecular weight excluding hydrogens is 372 g/mol. The van der Waals surface area contributed by atoms with Gasteiger partial charge >= 0.3 is 0 Å². The maximum atomic E-state index is 12.1. The van der Waals surface area contributed by atoms with Crippen molar-refractivity contribution in [2.45, 2.75) is 97.7 Å². The highest BCUT2D eigenvalue weighted by Gasteiger charge is 2.50. The molecule has 0 saturated heterocycles. The van der Waals surface area contributed by atoms with Crippen LogP contribution in [0.1, 0.15) is 91.9 Å². The van der Waals surface area contributed by atoms with Gasteiger partial charge in [-0.05, 0) is 73.7 Å². The lowest BCUT2D eigenvalue weighted by Crippen LogP contribution is -2.36. The minimum absolute atomic E-state index is 0.146. The number of carbonyl (C=O) groups is 1. The van der Waals surface area contributed by atoms with E-state index in [4.69, 9.17) is 0 Å². The Bertz CT molecular complexity index is 726. The van der Waals surface area contributed by atoms with Gasteiger partial charge in [0.1, 0.15) is 5.78 Å². The van der Waals surface area contributed by atoms with Crippen LogP contribution in [0.15, 0.2) is 35.5 Å². The Kier molecular flexibility index (Phi) is 7.14. The number of rotatable bonds is 6. The van der Waals surface area contributed by atoms with Crippen molar-refractivity contribution in [1.29, 1.82) is 0 Å². The Morgan fingerprint density at radius 2 is 1.90 bits per heavy atom. The number of aliphatic hydroxyl groups is 2. The summed E-state index contributed by atoms with van der Waals surface area (Å²) in [5.74, 6) is 0.838. The number of carbonyl (C=O) groups excluding carboxylic acids is 1. The second-order valence-electron chi connectivity index (χ2n) is 10.9. The maximum absolute atomic E-state index is 12.1. The highest BCUT2D eigenvalue weighted by atomic mass is 16.5. The molecule has 168 valence electrons. The monoisotopic (exact) mass is 414 g/mol. The van der Waals surface area contributed by atoms with Gasteiger partial charge in [0, 0.05) is 25.2 Å². The first kappa shape index (κ1) is 23.5. The lowest BCUT2D eigenvalue weighted by Gasteiger charge is -2.44. The number of hydrogen-bond donors (Lipinski definition) is 2. The Hall–Kier alpha value is -1.19. The minimum atomic E-state index is -1.59. The molecule has 3 saturated carbocycles. The fourth-order valence-electron chi connectivity index (χ4n) is 6.49. The zero-order chi connectivity index (χ0) is 22.1. The van der Waals surface area contributed by atoms with E-state index in [2.05, 4.69) is 32.6 Å². The van der Waals surface area contributed by atoms with Crippen molar-refractivity contribution in [3.05, 3.63) is 35.5 Å². The first-order valence-electron chi connectivity index (χ1n) is 12.1. The first-order chi connectivity index (χ1) is 14.0. The van der Waals surface area contributed by atoms with Gasteiger partial charge < -0.3 is 10.2 Å². The van der Waals surface area contributed by atoms with Gasteiger partial charge in [-0.1, -0.05) is 57.6 Å². The molecule has 0 aromatic heterocycles. The lowest BCUT2D eigenvalue weighted by atomic mass is 9.60. The van der Waals surface area contributed by atoms with Crippen molar-refractivity contribution in [3.63, 3.8) is 0 Å². The summed E-state index contributed by atoms with van der Waals surface area (Å²) in [6, 6.07) is 0. The SMILES string of the molecule is C=C1CCC(O)(O)CC1=CC=C1CCC[C@@]2(C)C1CC[C@@H]2[C@H](C)CCC(=O)C(C)C. The smallest absolute Gasteiger partial charge is 0.166 e. The summed E-state index contributed by atoms with van der Waals surface area (Å²) in [7, 11) is 0. The van der Waals surface area contributed by atoms with E-state index in [9.17, 15) is 15.0 Å². The zero-order valence-corrected chi connectivity index (χ0v) is 19.5. The molecule has 0 heterocycles. The van der Waals surface area contributed by atoms with Crippen LogP contribution < -0.4 is 0 Å². The van der Waals surface area contributed by atoms with Crippen molar-refractivity contribution >= 4 is 5.78 Å². The van der Waals surface area contributed by atoms with E-state index in [0.717, 1.165) is 30.4 Å². The lowest BCUT2D eigenvalue weighted by molar-refractivity contribution is -0.166. The molecular formula is C27H42O3. The number of ketones is 1. The number of allylic oxidation sites excluding steroid dienone is 4. The predicted molar refractivity (Wildman–Crippen MR) is 123 cm³/mol. The molecule has 0 bridgehead atoms. The summed E-state index contributed by atoms with van der Waals surface area (Å²) >= 11 is 0. The standard InChI is InChI=1S/C27H42O3/c1-18(2)25(28)13-8-20(4)23-11-12-24-21(7-6-15-26(23,24)5)9-10-22-17-27(29,30)16-14-19(22)3/h9-10,18,20,23-24,29-30H,3,6-8,11-17H2,1-2,4-5H3/t20-,23-,24?,26-/m1/s1. The molecule has 3 heteroatoms. The molecule has 0 aliphatic heterocycles. The van der Waals surface area contributed by atoms with Gasteiger partial charge in [0.25, 0.3) is 0 Å². The molecule has 0 radical (unpaired) electrons. The maximum Gasteiger partial charge on any atom is 0.166 e. The quantitative estimate of drug-likeness (QED) is 0.515. The number of fused-ring (bicyclic) bond motifs is 1. The summed E-state index contributed by atoms with van der Waals surface area (Å²) in [6.07, 6.45) is 13.6. The third-order valence-corrected chi connectivity index (χ3v) is 8.47. The number of hydrogen-bond acceptors (Lipinski definition) is 3. The van der Waals surface area contributed by atoms with Crippen LogP contribution in [-0.2, 0) is 4.79 Å². The fraction of sp³-hybridized carbons (Fsp3) is 0.741. The van der Waals surface area contributed by atoms with Crippen LogP contribution in [0.5, 0.6) is 0 Å². The van der Waals surface area contributed by atoms with Gasteiger partial charge in [0.05, 0.1) is 0 Å². The largest absolute Gasteiger partial charge is 0.365 e. The van der Waals surface area contributed by atoms with E-state index in [1.165, 1.54) is 31.3 Å². The highest BCUT2D eigenvalue weighted by molar-refractivity contribution is 5.80. The minimum Gasteiger partial charge on any atom is -0.365 e. The van der Waals surface area contributed by atoms with Crippen LogP contribution in [-0.4, -0.2) is 21.8 Å². The Morgan fingerprint density at radius 1 is 1.17 bits per heavy atom. The third kappa shape index (κ3) is 4.99. The Labute approximate surface area is 183 Å². The molecule has 0 spiro atoms. The molecule has 1 unspecified atom stereocenters. The second-order valence-corrected chi connectivity index (χ2v) is 10.9. The second kappa shape index (κ2) is 9.12. The van der Waals surface area contributed by atoms with Gasteiger partial charge in [0.2, 0.25) is 0 Å². The van der Waals surface area contributed by atoms with Gasteiger partial charge in [-0.15, -0.1) is 0 Å². The van der Waals surface area contributed by atoms with Crippen molar-refractivity contribution in [1.82, 2.24) is 0 Å². The van der Waals surface area contributed by atoms with Crippen LogP contribution in [0.4, 0.5) is 0 Å². The molecule has 3 aliphatic carbocycles. The Balaban J connectivity index is 1.72. The molecule has 4 atom stereocenters. The molecule has 0 amide bonds. The van der Waals surface area contributed by atoms with Gasteiger partial charge in [-0.3, -0.25) is 4.79 Å². The van der Waals surface area contributed by atoms with Gasteiger partial charge in [0.15, 0.2) is 5.79 Å². The van der Waals surface area contributed by atoms with E-state index >= 15 is 0 Å². The van der Waals surface area contributed by atoms with E-state index < -0.39 is 5.79 Å². The van der Waals surface area contributed by atoms with Gasteiger partial charge in [-0.2, -0.15) is 0 Å². The Morgan fingerprint density at radius 3 is 2.60 bits per heavy atom. The van der Waals surface area contributed by atoms with Gasteiger partial charge in [-0.25, -0.2) is 0 Å². The topological polar surface area (TPSA) is 57.5 Å². The summed E-state index contributed by atoms with van der Waals surface area (Å²) in [4.78, 5) is 12.1. The van der Waals surface area contributed by atoms with Crippen molar-refractivity contribution in [2.24, 2.45) is 29.1 Å². The summed E-state index contributed by atoms with van der Waals surface area (Å²) in [6.45, 7) is 13.0. The van der Waals surface area contributed by atoms with Crippen LogP contribution in [0.2, 0.25) is 0 Å². The third-order valence-electron chi connectivity index (χ3n) is 8.47. The van der Waals surface area contributed by atoms with E-state index in [0.29, 0.717) is 41.8 Å². The van der Waals surface area contributed by atoms with Crippen LogP contribution >= 0.6 is 0 Å². The van der Waals surface area contributed by atoms with Crippen molar-refractivity contribution < 1.29 is 15.0 Å². The van der Waals surface area contributed by atoms with Crippen LogP contribution in [0, 0.1) is 29.1 Å². The first-order valence-corrected chi connectivity index (χ1v) is 12.1. The number of Topliss-reactive ketones (excluding diaryl/α,β-unsaturated/α-hetero) is 1. The van der Waals surface area contributed by atoms with E-state index in [-0.39, 0.29) is 12.3 Å². The highest BCUT2D eigenvalue weighted by Crippen LogP contribution is 2.59. The van der Waals surface area contributed by atoms with Crippen LogP contribution in [0.3, 0.4) is 0 Å². The molecule has 3 fully saturated rings. The molecule has 3 nitrogen and oxygen atoms in total. The average molecular weight is 415 g/mol. The molecule has 0 aromatic rings. The molecule has 3 rings (SSSR count). The molecule has 3 aliphatic rings. The molecule has 2 N–H and O–H groups in total. The van der Waals surface area contributed by atoms with E-state index in [1.54, 1.807) is 0 Å². The average Bonchev–Trinajstić information content (AvgIpc) is 3.04. The van der Waals surface area contributed by atoms with Crippen LogP contribution in [0.25, 0.3) is 0 Å². The van der Waals surface area contributed by atoms with Crippen molar-refractivity contribution in [3.8, 4) is 0 Å².